The van der Waals surface area contributed by atoms with Crippen molar-refractivity contribution >= 4 is 10.0 Å². The predicted molar refractivity (Wildman–Crippen MR) is 87.1 cm³/mol. The van der Waals surface area contributed by atoms with Crippen molar-refractivity contribution < 1.29 is 13.2 Å². The van der Waals surface area contributed by atoms with Crippen LogP contribution in [0.3, 0.4) is 0 Å². The summed E-state index contributed by atoms with van der Waals surface area (Å²) >= 11 is 0. The Hall–Kier alpha value is -1.70. The zero-order valence-electron chi connectivity index (χ0n) is 13.1. The van der Waals surface area contributed by atoms with Crippen molar-refractivity contribution in [2.24, 2.45) is 13.0 Å². The number of hydrogen-bond donors (Lipinski definition) is 1. The lowest BCUT2D eigenvalue weighted by Gasteiger charge is -2.19. The number of aromatic nitrogens is 2. The summed E-state index contributed by atoms with van der Waals surface area (Å²) in [6, 6.07) is 11.1. The van der Waals surface area contributed by atoms with Crippen molar-refractivity contribution in [1.82, 2.24) is 14.5 Å². The Balaban J connectivity index is 1.62. The van der Waals surface area contributed by atoms with E-state index in [0.717, 1.165) is 17.7 Å². The Labute approximate surface area is 136 Å². The van der Waals surface area contributed by atoms with Gasteiger partial charge in [0.15, 0.2) is 0 Å². The first kappa shape index (κ1) is 16.2. The zero-order chi connectivity index (χ0) is 16.3. The summed E-state index contributed by atoms with van der Waals surface area (Å²) in [5.41, 5.74) is 1.76. The van der Waals surface area contributed by atoms with Gasteiger partial charge in [-0.25, -0.2) is 13.1 Å². The Morgan fingerprint density at radius 3 is 2.78 bits per heavy atom. The lowest BCUT2D eigenvalue weighted by molar-refractivity contribution is 0.0850. The van der Waals surface area contributed by atoms with Crippen molar-refractivity contribution in [3.63, 3.8) is 0 Å². The van der Waals surface area contributed by atoms with E-state index in [2.05, 4.69) is 9.82 Å². The van der Waals surface area contributed by atoms with Gasteiger partial charge in [0.25, 0.3) is 0 Å². The van der Waals surface area contributed by atoms with Gasteiger partial charge in [-0.15, -0.1) is 0 Å². The van der Waals surface area contributed by atoms with Crippen LogP contribution < -0.4 is 4.72 Å². The molecule has 0 amide bonds. The van der Waals surface area contributed by atoms with Crippen LogP contribution in [0.4, 0.5) is 0 Å². The second-order valence-electron chi connectivity index (χ2n) is 5.81. The quantitative estimate of drug-likeness (QED) is 0.870. The molecule has 23 heavy (non-hydrogen) atoms. The van der Waals surface area contributed by atoms with E-state index in [1.807, 2.05) is 43.4 Å². The molecule has 0 radical (unpaired) electrons. The van der Waals surface area contributed by atoms with E-state index in [-0.39, 0.29) is 17.8 Å². The van der Waals surface area contributed by atoms with Gasteiger partial charge in [0.05, 0.1) is 11.4 Å². The summed E-state index contributed by atoms with van der Waals surface area (Å²) in [6.45, 7) is 1.02. The molecule has 1 saturated heterocycles. The first-order valence-electron chi connectivity index (χ1n) is 7.66. The van der Waals surface area contributed by atoms with Crippen LogP contribution >= 0.6 is 0 Å². The molecule has 1 N–H and O–H groups in total. The number of benzene rings is 1. The molecule has 0 spiro atoms. The van der Waals surface area contributed by atoms with E-state index in [9.17, 15) is 8.42 Å². The fraction of sp³-hybridized carbons (Fsp3) is 0.438. The second kappa shape index (κ2) is 6.82. The molecule has 1 aliphatic rings. The zero-order valence-corrected chi connectivity index (χ0v) is 13.9. The van der Waals surface area contributed by atoms with Crippen molar-refractivity contribution in [3.8, 4) is 0 Å². The molecule has 1 fully saturated rings. The third kappa shape index (κ3) is 3.99. The molecular weight excluding hydrogens is 314 g/mol. The lowest BCUT2D eigenvalue weighted by atomic mass is 9.99. The molecule has 124 valence electrons. The third-order valence-corrected chi connectivity index (χ3v) is 5.45. The maximum absolute atomic E-state index is 12.2. The normalized spacial score (nSPS) is 21.6. The minimum atomic E-state index is -3.35. The number of nitrogens with zero attached hydrogens (tertiary/aromatic N) is 2. The van der Waals surface area contributed by atoms with Gasteiger partial charge in [0, 0.05) is 32.3 Å². The molecule has 6 nitrogen and oxygen atoms in total. The smallest absolute Gasteiger partial charge is 0.215 e. The molecule has 7 heteroatoms. The predicted octanol–water partition coefficient (Wildman–Crippen LogP) is 1.62. The molecule has 0 aliphatic carbocycles. The molecular formula is C16H21N3O3S. The van der Waals surface area contributed by atoms with Crippen LogP contribution in [0.5, 0.6) is 0 Å². The van der Waals surface area contributed by atoms with E-state index in [0.29, 0.717) is 13.2 Å². The van der Waals surface area contributed by atoms with Crippen molar-refractivity contribution in [3.05, 3.63) is 53.9 Å². The fourth-order valence-corrected chi connectivity index (χ4v) is 4.11. The molecule has 1 aliphatic heterocycles. The summed E-state index contributed by atoms with van der Waals surface area (Å²) in [7, 11) is -1.48. The van der Waals surface area contributed by atoms with Gasteiger partial charge in [-0.05, 0) is 18.1 Å². The maximum atomic E-state index is 12.2. The fourth-order valence-electron chi connectivity index (χ4n) is 2.91. The summed E-state index contributed by atoms with van der Waals surface area (Å²) in [6.07, 6.45) is 2.46. The molecule has 3 rings (SSSR count). The average Bonchev–Trinajstić information content (AvgIpc) is 3.14. The van der Waals surface area contributed by atoms with Gasteiger partial charge in [0.1, 0.15) is 6.10 Å². The van der Waals surface area contributed by atoms with Crippen LogP contribution in [0.25, 0.3) is 0 Å². The van der Waals surface area contributed by atoms with Gasteiger partial charge >= 0.3 is 0 Å². The number of aryl methyl sites for hydroxylation is 1. The van der Waals surface area contributed by atoms with Gasteiger partial charge in [-0.2, -0.15) is 5.10 Å². The van der Waals surface area contributed by atoms with Gasteiger partial charge in [-0.1, -0.05) is 30.3 Å². The number of sulfonamides is 1. The monoisotopic (exact) mass is 335 g/mol. The summed E-state index contributed by atoms with van der Waals surface area (Å²) < 4.78 is 34.8. The van der Waals surface area contributed by atoms with E-state index in [4.69, 9.17) is 4.74 Å². The van der Waals surface area contributed by atoms with Crippen molar-refractivity contribution in [2.45, 2.75) is 18.3 Å². The number of rotatable bonds is 6. The van der Waals surface area contributed by atoms with Crippen LogP contribution in [-0.2, 0) is 27.6 Å². The van der Waals surface area contributed by atoms with Crippen LogP contribution in [0.15, 0.2) is 42.6 Å². The first-order chi connectivity index (χ1) is 11.1. The highest BCUT2D eigenvalue weighted by Gasteiger charge is 2.32. The standard InChI is InChI=1S/C16H21N3O3S/c1-19-15(7-9-17-19)16-14(8-10-22-16)11-18-23(20,21)12-13-5-3-2-4-6-13/h2-7,9,14,16,18H,8,10-12H2,1H3/t14-,16+/m0/s1. The number of ether oxygens (including phenoxy) is 1. The second-order valence-corrected chi connectivity index (χ2v) is 7.62. The maximum Gasteiger partial charge on any atom is 0.215 e. The lowest BCUT2D eigenvalue weighted by Crippen LogP contribution is -2.32. The van der Waals surface area contributed by atoms with Gasteiger partial charge in [0.2, 0.25) is 10.0 Å². The summed E-state index contributed by atoms with van der Waals surface area (Å²) in [5.74, 6) is 0.119. The molecule has 1 aromatic heterocycles. The highest BCUT2D eigenvalue weighted by Crippen LogP contribution is 2.33. The van der Waals surface area contributed by atoms with Gasteiger partial charge < -0.3 is 4.74 Å². The molecule has 0 unspecified atom stereocenters. The average molecular weight is 335 g/mol. The van der Waals surface area contributed by atoms with Gasteiger partial charge in [-0.3, -0.25) is 4.68 Å². The minimum absolute atomic E-state index is 0.00219. The van der Waals surface area contributed by atoms with Crippen LogP contribution in [0.2, 0.25) is 0 Å². The van der Waals surface area contributed by atoms with Crippen LogP contribution in [0.1, 0.15) is 23.8 Å². The molecule has 2 heterocycles. The Bertz CT molecular complexity index is 743. The molecule has 0 bridgehead atoms. The van der Waals surface area contributed by atoms with Crippen molar-refractivity contribution in [1.29, 1.82) is 0 Å². The largest absolute Gasteiger partial charge is 0.372 e. The Kier molecular flexibility index (Phi) is 4.79. The topological polar surface area (TPSA) is 73.2 Å². The molecule has 1 aromatic carbocycles. The SMILES string of the molecule is Cn1nccc1[C@@H]1OCC[C@H]1CNS(=O)(=O)Cc1ccccc1. The van der Waals surface area contributed by atoms with E-state index < -0.39 is 10.0 Å². The Morgan fingerprint density at radius 2 is 2.09 bits per heavy atom. The Morgan fingerprint density at radius 1 is 1.30 bits per heavy atom. The van der Waals surface area contributed by atoms with E-state index >= 15 is 0 Å². The number of nitrogens with one attached hydrogen (secondary N) is 1. The summed E-state index contributed by atoms with van der Waals surface area (Å²) in [5, 5.41) is 4.16. The molecule has 0 saturated carbocycles. The summed E-state index contributed by atoms with van der Waals surface area (Å²) in [4.78, 5) is 0. The van der Waals surface area contributed by atoms with Crippen LogP contribution in [0, 0.1) is 5.92 Å². The minimum Gasteiger partial charge on any atom is -0.372 e. The van der Waals surface area contributed by atoms with E-state index in [1.165, 1.54) is 0 Å². The highest BCUT2D eigenvalue weighted by atomic mass is 32.2. The first-order valence-corrected chi connectivity index (χ1v) is 9.31. The number of hydrogen-bond acceptors (Lipinski definition) is 4. The highest BCUT2D eigenvalue weighted by molar-refractivity contribution is 7.88. The molecule has 2 atom stereocenters. The molecule has 2 aromatic rings. The van der Waals surface area contributed by atoms with Crippen molar-refractivity contribution in [2.75, 3.05) is 13.2 Å². The van der Waals surface area contributed by atoms with E-state index in [1.54, 1.807) is 10.9 Å². The third-order valence-electron chi connectivity index (χ3n) is 4.13. The van der Waals surface area contributed by atoms with Crippen LogP contribution in [-0.4, -0.2) is 31.3 Å².